The number of esters is 1. The Hall–Kier alpha value is -2.21. The van der Waals surface area contributed by atoms with Crippen molar-refractivity contribution in [3.8, 4) is 0 Å². The van der Waals surface area contributed by atoms with Crippen LogP contribution in [-0.2, 0) is 9.47 Å². The molecule has 0 radical (unpaired) electrons. The van der Waals surface area contributed by atoms with Crippen LogP contribution in [0.5, 0.6) is 0 Å². The maximum atomic E-state index is 11.9. The number of nitro benzene ring substituents is 1. The number of benzene rings is 1. The van der Waals surface area contributed by atoms with Gasteiger partial charge in [-0.15, -0.1) is 6.58 Å². The predicted octanol–water partition coefficient (Wildman–Crippen LogP) is 2.49. The molecule has 0 spiro atoms. The Morgan fingerprint density at radius 1 is 1.50 bits per heavy atom. The molecule has 0 aromatic heterocycles. The minimum Gasteiger partial charge on any atom is -0.456 e. The molecule has 1 heterocycles. The van der Waals surface area contributed by atoms with Crippen molar-refractivity contribution < 1.29 is 19.2 Å². The minimum atomic E-state index is -0.514. The number of rotatable bonds is 5. The standard InChI is InChI=1S/C14H15NO5/c1-2-3-12-8-13(9-19-12)20-14(16)10-4-6-11(7-5-10)15(17)18/h2,4-7,12-13H,1,3,8-9H2/t12-,13-/m1/s1. The van der Waals surface area contributed by atoms with Gasteiger partial charge in [0.1, 0.15) is 6.10 Å². The Kier molecular flexibility index (Phi) is 4.47. The summed E-state index contributed by atoms with van der Waals surface area (Å²) in [5.74, 6) is -0.493. The molecular weight excluding hydrogens is 262 g/mol. The molecule has 6 nitrogen and oxygen atoms in total. The molecule has 1 fully saturated rings. The van der Waals surface area contributed by atoms with E-state index in [2.05, 4.69) is 6.58 Å². The zero-order valence-corrected chi connectivity index (χ0v) is 10.9. The molecule has 0 bridgehead atoms. The number of non-ortho nitro benzene ring substituents is 1. The molecular formula is C14H15NO5. The highest BCUT2D eigenvalue weighted by Crippen LogP contribution is 2.21. The van der Waals surface area contributed by atoms with Gasteiger partial charge < -0.3 is 9.47 Å². The van der Waals surface area contributed by atoms with Crippen LogP contribution in [0.3, 0.4) is 0 Å². The first-order valence-corrected chi connectivity index (χ1v) is 6.28. The molecule has 1 aromatic carbocycles. The van der Waals surface area contributed by atoms with Gasteiger partial charge in [-0.2, -0.15) is 0 Å². The fraction of sp³-hybridized carbons (Fsp3) is 0.357. The highest BCUT2D eigenvalue weighted by molar-refractivity contribution is 5.89. The normalized spacial score (nSPS) is 21.4. The summed E-state index contributed by atoms with van der Waals surface area (Å²) >= 11 is 0. The molecule has 2 atom stereocenters. The molecule has 6 heteroatoms. The lowest BCUT2D eigenvalue weighted by Crippen LogP contribution is -2.18. The van der Waals surface area contributed by atoms with Crippen LogP contribution in [0.1, 0.15) is 23.2 Å². The van der Waals surface area contributed by atoms with Crippen LogP contribution in [0.25, 0.3) is 0 Å². The number of carbonyl (C=O) groups excluding carboxylic acids is 1. The quantitative estimate of drug-likeness (QED) is 0.357. The second-order valence-corrected chi connectivity index (χ2v) is 4.55. The Morgan fingerprint density at radius 2 is 2.20 bits per heavy atom. The van der Waals surface area contributed by atoms with Crippen LogP contribution in [-0.4, -0.2) is 29.7 Å². The highest BCUT2D eigenvalue weighted by Gasteiger charge is 2.27. The van der Waals surface area contributed by atoms with Crippen molar-refractivity contribution in [2.75, 3.05) is 6.61 Å². The topological polar surface area (TPSA) is 78.7 Å². The van der Waals surface area contributed by atoms with E-state index in [1.54, 1.807) is 6.08 Å². The van der Waals surface area contributed by atoms with Crippen molar-refractivity contribution >= 4 is 11.7 Å². The Bertz CT molecular complexity index is 511. The Labute approximate surface area is 116 Å². The smallest absolute Gasteiger partial charge is 0.338 e. The van der Waals surface area contributed by atoms with Gasteiger partial charge in [0.25, 0.3) is 5.69 Å². The molecule has 1 aliphatic rings. The number of nitrogens with zero attached hydrogens (tertiary/aromatic N) is 1. The molecule has 2 rings (SSSR count). The second kappa shape index (κ2) is 6.29. The summed E-state index contributed by atoms with van der Waals surface area (Å²) in [6, 6.07) is 5.33. The molecule has 1 aromatic rings. The number of hydrogen-bond acceptors (Lipinski definition) is 5. The predicted molar refractivity (Wildman–Crippen MR) is 71.5 cm³/mol. The van der Waals surface area contributed by atoms with Crippen molar-refractivity contribution in [3.05, 3.63) is 52.6 Å². The lowest BCUT2D eigenvalue weighted by atomic mass is 10.1. The highest BCUT2D eigenvalue weighted by atomic mass is 16.6. The molecule has 1 aliphatic heterocycles. The van der Waals surface area contributed by atoms with Gasteiger partial charge in [-0.25, -0.2) is 4.79 Å². The Balaban J connectivity index is 1.92. The van der Waals surface area contributed by atoms with Gasteiger partial charge in [-0.05, 0) is 18.6 Å². The molecule has 0 unspecified atom stereocenters. The van der Waals surface area contributed by atoms with Gasteiger partial charge in [0, 0.05) is 18.6 Å². The zero-order chi connectivity index (χ0) is 14.5. The summed E-state index contributed by atoms with van der Waals surface area (Å²) in [5, 5.41) is 10.5. The average Bonchev–Trinajstić information content (AvgIpc) is 2.86. The third kappa shape index (κ3) is 3.42. The molecule has 0 N–H and O–H groups in total. The first kappa shape index (κ1) is 14.2. The van der Waals surface area contributed by atoms with E-state index >= 15 is 0 Å². The third-order valence-electron chi connectivity index (χ3n) is 3.06. The Morgan fingerprint density at radius 3 is 2.80 bits per heavy atom. The zero-order valence-electron chi connectivity index (χ0n) is 10.9. The van der Waals surface area contributed by atoms with E-state index in [1.807, 2.05) is 0 Å². The number of ether oxygens (including phenoxy) is 2. The van der Waals surface area contributed by atoms with Crippen molar-refractivity contribution in [2.45, 2.75) is 25.0 Å². The van der Waals surface area contributed by atoms with E-state index in [-0.39, 0.29) is 17.9 Å². The van der Waals surface area contributed by atoms with E-state index in [0.29, 0.717) is 18.6 Å². The fourth-order valence-electron chi connectivity index (χ4n) is 2.04. The van der Waals surface area contributed by atoms with Crippen LogP contribution >= 0.6 is 0 Å². The van der Waals surface area contributed by atoms with Gasteiger partial charge in [0.05, 0.1) is 23.2 Å². The van der Waals surface area contributed by atoms with Crippen LogP contribution in [0.4, 0.5) is 5.69 Å². The summed E-state index contributed by atoms with van der Waals surface area (Å²) < 4.78 is 10.8. The van der Waals surface area contributed by atoms with Gasteiger partial charge >= 0.3 is 5.97 Å². The summed E-state index contributed by atoms with van der Waals surface area (Å²) in [6.07, 6.45) is 2.91. The van der Waals surface area contributed by atoms with Crippen molar-refractivity contribution in [2.24, 2.45) is 0 Å². The van der Waals surface area contributed by atoms with E-state index in [4.69, 9.17) is 9.47 Å². The van der Waals surface area contributed by atoms with Crippen LogP contribution < -0.4 is 0 Å². The molecule has 0 saturated carbocycles. The summed E-state index contributed by atoms with van der Waals surface area (Å²) in [7, 11) is 0. The SMILES string of the molecule is C=CC[C@@H]1C[C@@H](OC(=O)c2ccc([N+](=O)[O-])cc2)CO1. The number of nitro groups is 1. The lowest BCUT2D eigenvalue weighted by molar-refractivity contribution is -0.384. The van der Waals surface area contributed by atoms with Gasteiger partial charge in [0.2, 0.25) is 0 Å². The fourth-order valence-corrected chi connectivity index (χ4v) is 2.04. The summed E-state index contributed by atoms with van der Waals surface area (Å²) in [6.45, 7) is 4.01. The number of carbonyl (C=O) groups is 1. The molecule has 0 amide bonds. The van der Waals surface area contributed by atoms with Crippen molar-refractivity contribution in [1.82, 2.24) is 0 Å². The molecule has 1 saturated heterocycles. The minimum absolute atomic E-state index is 0.0437. The summed E-state index contributed by atoms with van der Waals surface area (Å²) in [4.78, 5) is 21.9. The number of hydrogen-bond donors (Lipinski definition) is 0. The monoisotopic (exact) mass is 277 g/mol. The maximum Gasteiger partial charge on any atom is 0.338 e. The largest absolute Gasteiger partial charge is 0.456 e. The lowest BCUT2D eigenvalue weighted by Gasteiger charge is -2.10. The molecule has 106 valence electrons. The van der Waals surface area contributed by atoms with Crippen molar-refractivity contribution in [3.63, 3.8) is 0 Å². The molecule has 20 heavy (non-hydrogen) atoms. The average molecular weight is 277 g/mol. The first-order valence-electron chi connectivity index (χ1n) is 6.28. The van der Waals surface area contributed by atoms with Gasteiger partial charge in [-0.1, -0.05) is 6.08 Å². The van der Waals surface area contributed by atoms with E-state index in [0.717, 1.165) is 6.42 Å². The van der Waals surface area contributed by atoms with Gasteiger partial charge in [-0.3, -0.25) is 10.1 Å². The van der Waals surface area contributed by atoms with E-state index < -0.39 is 10.9 Å². The third-order valence-corrected chi connectivity index (χ3v) is 3.06. The van der Waals surface area contributed by atoms with E-state index in [1.165, 1.54) is 24.3 Å². The van der Waals surface area contributed by atoms with Crippen LogP contribution in [0, 0.1) is 10.1 Å². The molecule has 0 aliphatic carbocycles. The first-order chi connectivity index (χ1) is 9.60. The maximum absolute atomic E-state index is 11.9. The summed E-state index contributed by atoms with van der Waals surface area (Å²) in [5.41, 5.74) is 0.236. The second-order valence-electron chi connectivity index (χ2n) is 4.55. The van der Waals surface area contributed by atoms with Crippen LogP contribution in [0.15, 0.2) is 36.9 Å². The van der Waals surface area contributed by atoms with Crippen LogP contribution in [0.2, 0.25) is 0 Å². The van der Waals surface area contributed by atoms with E-state index in [9.17, 15) is 14.9 Å². The van der Waals surface area contributed by atoms with Gasteiger partial charge in [0.15, 0.2) is 0 Å². The van der Waals surface area contributed by atoms with Crippen molar-refractivity contribution in [1.29, 1.82) is 0 Å².